The summed E-state index contributed by atoms with van der Waals surface area (Å²) in [4.78, 5) is 17.7. The van der Waals surface area contributed by atoms with Crippen LogP contribution in [0.3, 0.4) is 0 Å². The second-order valence-corrected chi connectivity index (χ2v) is 6.11. The van der Waals surface area contributed by atoms with Gasteiger partial charge >= 0.3 is 5.97 Å². The van der Waals surface area contributed by atoms with E-state index in [9.17, 15) is 13.2 Å². The van der Waals surface area contributed by atoms with E-state index >= 15 is 0 Å². The van der Waals surface area contributed by atoms with Crippen LogP contribution in [0.4, 0.5) is 0 Å². The highest BCUT2D eigenvalue weighted by Crippen LogP contribution is 2.26. The number of carboxylic acid groups (broad SMARTS) is 1. The highest BCUT2D eigenvalue weighted by molar-refractivity contribution is 7.89. The van der Waals surface area contributed by atoms with E-state index in [4.69, 9.17) is 9.52 Å². The van der Waals surface area contributed by atoms with E-state index in [-0.39, 0.29) is 28.5 Å². The Hall–Kier alpha value is -2.13. The first-order valence-electron chi connectivity index (χ1n) is 6.14. The number of aromatic amines is 1. The molecule has 0 aliphatic carbocycles. The molecule has 0 amide bonds. The maximum atomic E-state index is 12.3. The highest BCUT2D eigenvalue weighted by Gasteiger charge is 2.30. The van der Waals surface area contributed by atoms with Crippen molar-refractivity contribution in [2.75, 3.05) is 6.54 Å². The van der Waals surface area contributed by atoms with E-state index in [0.29, 0.717) is 12.2 Å². The zero-order chi connectivity index (χ0) is 15.6. The van der Waals surface area contributed by atoms with Crippen molar-refractivity contribution in [2.45, 2.75) is 25.2 Å². The summed E-state index contributed by atoms with van der Waals surface area (Å²) in [5, 5.41) is 9.13. The molecule has 2 heterocycles. The average Bonchev–Trinajstić information content (AvgIpc) is 2.96. The Balaban J connectivity index is 2.21. The van der Waals surface area contributed by atoms with Crippen molar-refractivity contribution >= 4 is 16.0 Å². The molecule has 0 spiro atoms. The maximum Gasteiger partial charge on any atom is 0.340 e. The van der Waals surface area contributed by atoms with Crippen LogP contribution in [0.5, 0.6) is 0 Å². The van der Waals surface area contributed by atoms with Gasteiger partial charge in [-0.25, -0.2) is 22.9 Å². The molecule has 0 unspecified atom stereocenters. The van der Waals surface area contributed by atoms with E-state index in [1.165, 1.54) is 13.8 Å². The van der Waals surface area contributed by atoms with Crippen LogP contribution in [-0.4, -0.2) is 36.0 Å². The molecular formula is C12H15N3O5S. The van der Waals surface area contributed by atoms with Crippen LogP contribution in [-0.2, 0) is 16.4 Å². The van der Waals surface area contributed by atoms with Crippen molar-refractivity contribution < 1.29 is 22.7 Å². The molecule has 0 aliphatic rings. The number of imidazole rings is 1. The van der Waals surface area contributed by atoms with E-state index in [0.717, 1.165) is 0 Å². The fourth-order valence-electron chi connectivity index (χ4n) is 2.04. The van der Waals surface area contributed by atoms with Gasteiger partial charge in [-0.05, 0) is 13.8 Å². The second kappa shape index (κ2) is 5.70. The minimum absolute atomic E-state index is 0.0513. The standard InChI is InChI=1S/C12H15N3O5S/c1-7-10(12(16)17)11(8(2)20-7)21(18,19)15-4-3-9-13-5-6-14-9/h5-6,15H,3-4H2,1-2H3,(H,13,14)(H,16,17). The monoisotopic (exact) mass is 313 g/mol. The molecule has 2 aromatic rings. The fraction of sp³-hybridized carbons (Fsp3) is 0.333. The van der Waals surface area contributed by atoms with Gasteiger partial charge in [-0.3, -0.25) is 0 Å². The van der Waals surface area contributed by atoms with Crippen LogP contribution in [0.15, 0.2) is 21.7 Å². The van der Waals surface area contributed by atoms with Gasteiger partial charge in [-0.1, -0.05) is 0 Å². The smallest absolute Gasteiger partial charge is 0.340 e. The van der Waals surface area contributed by atoms with Gasteiger partial charge in [0, 0.05) is 25.4 Å². The maximum absolute atomic E-state index is 12.3. The summed E-state index contributed by atoms with van der Waals surface area (Å²) < 4.78 is 32.0. The number of H-pyrrole nitrogens is 1. The van der Waals surface area contributed by atoms with Crippen LogP contribution >= 0.6 is 0 Å². The molecule has 2 rings (SSSR count). The summed E-state index contributed by atoms with van der Waals surface area (Å²) in [5.74, 6) is -0.589. The lowest BCUT2D eigenvalue weighted by molar-refractivity contribution is 0.0691. The molecular weight excluding hydrogens is 298 g/mol. The number of aromatic nitrogens is 2. The van der Waals surface area contributed by atoms with Crippen LogP contribution in [0.2, 0.25) is 0 Å². The van der Waals surface area contributed by atoms with Gasteiger partial charge in [-0.15, -0.1) is 0 Å². The number of aromatic carboxylic acids is 1. The largest absolute Gasteiger partial charge is 0.478 e. The first-order valence-corrected chi connectivity index (χ1v) is 7.62. The minimum Gasteiger partial charge on any atom is -0.478 e. The normalized spacial score (nSPS) is 11.7. The predicted octanol–water partition coefficient (Wildman–Crippen LogP) is 0.839. The third kappa shape index (κ3) is 3.14. The van der Waals surface area contributed by atoms with Gasteiger partial charge in [0.05, 0.1) is 0 Å². The Morgan fingerprint density at radius 2 is 2.14 bits per heavy atom. The van der Waals surface area contributed by atoms with Crippen LogP contribution < -0.4 is 4.72 Å². The Bertz CT molecular complexity index is 746. The van der Waals surface area contributed by atoms with E-state index < -0.39 is 16.0 Å². The topological polar surface area (TPSA) is 125 Å². The van der Waals surface area contributed by atoms with Gasteiger partial charge in [0.2, 0.25) is 10.0 Å². The Morgan fingerprint density at radius 3 is 2.71 bits per heavy atom. The summed E-state index contributed by atoms with van der Waals surface area (Å²) in [6.45, 7) is 2.93. The Labute approximate surface area is 121 Å². The van der Waals surface area contributed by atoms with Crippen molar-refractivity contribution in [3.63, 3.8) is 0 Å². The van der Waals surface area contributed by atoms with Crippen molar-refractivity contribution in [3.8, 4) is 0 Å². The number of carbonyl (C=O) groups is 1. The Kier molecular flexibility index (Phi) is 4.14. The SMILES string of the molecule is Cc1oc(C)c(S(=O)(=O)NCCc2ncc[nH]2)c1C(=O)O. The van der Waals surface area contributed by atoms with Crippen LogP contribution in [0.1, 0.15) is 27.7 Å². The molecule has 0 atom stereocenters. The van der Waals surface area contributed by atoms with Crippen LogP contribution in [0.25, 0.3) is 0 Å². The molecule has 0 saturated carbocycles. The number of rotatable bonds is 6. The molecule has 0 aromatic carbocycles. The summed E-state index contributed by atoms with van der Waals surface area (Å²) in [5.41, 5.74) is -0.335. The average molecular weight is 313 g/mol. The molecule has 0 saturated heterocycles. The van der Waals surface area contributed by atoms with Crippen molar-refractivity contribution in [1.82, 2.24) is 14.7 Å². The van der Waals surface area contributed by atoms with E-state index in [1.54, 1.807) is 12.4 Å². The number of furan rings is 1. The van der Waals surface area contributed by atoms with Gasteiger partial charge in [0.1, 0.15) is 27.8 Å². The second-order valence-electron chi connectivity index (χ2n) is 4.41. The number of hydrogen-bond donors (Lipinski definition) is 3. The summed E-state index contributed by atoms with van der Waals surface area (Å²) in [6, 6.07) is 0. The molecule has 114 valence electrons. The first-order chi connectivity index (χ1) is 9.83. The summed E-state index contributed by atoms with van der Waals surface area (Å²) in [6.07, 6.45) is 3.57. The Morgan fingerprint density at radius 1 is 1.43 bits per heavy atom. The number of aryl methyl sites for hydroxylation is 2. The third-order valence-corrected chi connectivity index (χ3v) is 4.51. The summed E-state index contributed by atoms with van der Waals surface area (Å²) >= 11 is 0. The molecule has 2 aromatic heterocycles. The predicted molar refractivity (Wildman–Crippen MR) is 72.6 cm³/mol. The third-order valence-electron chi connectivity index (χ3n) is 2.90. The minimum atomic E-state index is -3.97. The highest BCUT2D eigenvalue weighted by atomic mass is 32.2. The molecule has 9 heteroatoms. The quantitative estimate of drug-likeness (QED) is 0.725. The lowest BCUT2D eigenvalue weighted by atomic mass is 10.2. The summed E-state index contributed by atoms with van der Waals surface area (Å²) in [7, 11) is -3.97. The van der Waals surface area contributed by atoms with Crippen molar-refractivity contribution in [1.29, 1.82) is 0 Å². The lowest BCUT2D eigenvalue weighted by Crippen LogP contribution is -2.27. The van der Waals surface area contributed by atoms with Gasteiger partial charge in [0.25, 0.3) is 0 Å². The molecule has 0 fully saturated rings. The number of sulfonamides is 1. The number of nitrogens with zero attached hydrogens (tertiary/aromatic N) is 1. The molecule has 8 nitrogen and oxygen atoms in total. The molecule has 0 radical (unpaired) electrons. The van der Waals surface area contributed by atoms with Crippen molar-refractivity contribution in [3.05, 3.63) is 35.3 Å². The molecule has 0 aliphatic heterocycles. The number of carboxylic acids is 1. The molecule has 3 N–H and O–H groups in total. The van der Waals surface area contributed by atoms with Crippen LogP contribution in [0, 0.1) is 13.8 Å². The molecule has 0 bridgehead atoms. The molecule has 21 heavy (non-hydrogen) atoms. The van der Waals surface area contributed by atoms with Gasteiger partial charge < -0.3 is 14.5 Å². The van der Waals surface area contributed by atoms with Gasteiger partial charge in [-0.2, -0.15) is 0 Å². The zero-order valence-corrected chi connectivity index (χ0v) is 12.3. The van der Waals surface area contributed by atoms with Crippen molar-refractivity contribution in [2.24, 2.45) is 0 Å². The van der Waals surface area contributed by atoms with E-state index in [1.807, 2.05) is 0 Å². The fourth-order valence-corrected chi connectivity index (χ4v) is 3.48. The lowest BCUT2D eigenvalue weighted by Gasteiger charge is -2.06. The first kappa shape index (κ1) is 15.3. The number of nitrogens with one attached hydrogen (secondary N) is 2. The number of hydrogen-bond acceptors (Lipinski definition) is 5. The van der Waals surface area contributed by atoms with E-state index in [2.05, 4.69) is 14.7 Å². The zero-order valence-electron chi connectivity index (χ0n) is 11.5. The van der Waals surface area contributed by atoms with Gasteiger partial charge in [0.15, 0.2) is 0 Å².